The number of benzene rings is 1. The maximum Gasteiger partial charge on any atom is 0.240 e. The molecule has 0 aliphatic heterocycles. The number of rotatable bonds is 5. The number of hydrogen-bond donors (Lipinski definition) is 2. The Morgan fingerprint density at radius 2 is 1.71 bits per heavy atom. The van der Waals surface area contributed by atoms with E-state index >= 15 is 0 Å². The molecule has 2 N–H and O–H groups in total. The molecule has 0 bridgehead atoms. The Labute approximate surface area is 128 Å². The van der Waals surface area contributed by atoms with Crippen LogP contribution in [0.15, 0.2) is 29.2 Å². The molecule has 0 amide bonds. The van der Waals surface area contributed by atoms with Crippen molar-refractivity contribution < 1.29 is 8.42 Å². The van der Waals surface area contributed by atoms with E-state index in [0.29, 0.717) is 22.9 Å². The van der Waals surface area contributed by atoms with E-state index in [0.717, 1.165) is 5.69 Å². The van der Waals surface area contributed by atoms with E-state index < -0.39 is 10.0 Å². The lowest BCUT2D eigenvalue weighted by molar-refractivity contribution is 0.232. The Morgan fingerprint density at radius 3 is 2.24 bits per heavy atom. The van der Waals surface area contributed by atoms with E-state index in [1.54, 1.807) is 19.1 Å². The molecule has 0 atom stereocenters. The molecule has 1 aromatic rings. The van der Waals surface area contributed by atoms with Crippen molar-refractivity contribution in [3.8, 4) is 0 Å². The third-order valence-electron chi connectivity index (χ3n) is 4.21. The van der Waals surface area contributed by atoms with Gasteiger partial charge >= 0.3 is 0 Å². The molecule has 1 fully saturated rings. The third-order valence-corrected chi connectivity index (χ3v) is 5.77. The van der Waals surface area contributed by atoms with Gasteiger partial charge in [-0.1, -0.05) is 20.8 Å². The summed E-state index contributed by atoms with van der Waals surface area (Å²) in [6, 6.07) is 7.52. The van der Waals surface area contributed by atoms with E-state index in [1.807, 2.05) is 12.1 Å². The minimum absolute atomic E-state index is 0.319. The van der Waals surface area contributed by atoms with Gasteiger partial charge in [0.25, 0.3) is 0 Å². The lowest BCUT2D eigenvalue weighted by Crippen LogP contribution is -2.29. The van der Waals surface area contributed by atoms with Crippen LogP contribution in [-0.4, -0.2) is 21.0 Å². The third kappa shape index (κ3) is 4.45. The first kappa shape index (κ1) is 16.3. The predicted octanol–water partition coefficient (Wildman–Crippen LogP) is 3.37. The molecule has 0 heterocycles. The molecule has 118 valence electrons. The van der Waals surface area contributed by atoms with Gasteiger partial charge in [0.1, 0.15) is 0 Å². The molecular formula is C16H26N2O2S. The molecule has 1 aromatic carbocycles. The summed E-state index contributed by atoms with van der Waals surface area (Å²) in [6.07, 6.45) is 4.81. The van der Waals surface area contributed by atoms with Gasteiger partial charge in [-0.25, -0.2) is 13.1 Å². The first-order valence-corrected chi connectivity index (χ1v) is 9.17. The molecule has 0 unspecified atom stereocenters. The van der Waals surface area contributed by atoms with Crippen LogP contribution in [0.1, 0.15) is 46.5 Å². The summed E-state index contributed by atoms with van der Waals surface area (Å²) < 4.78 is 26.2. The molecule has 0 aromatic heterocycles. The maximum absolute atomic E-state index is 11.9. The fraction of sp³-hybridized carbons (Fsp3) is 0.625. The van der Waals surface area contributed by atoms with Crippen LogP contribution in [0.3, 0.4) is 0 Å². The fourth-order valence-corrected chi connectivity index (χ4v) is 3.82. The number of nitrogens with one attached hydrogen (secondary N) is 2. The minimum atomic E-state index is -3.35. The summed E-state index contributed by atoms with van der Waals surface area (Å²) >= 11 is 0. The summed E-state index contributed by atoms with van der Waals surface area (Å²) in [4.78, 5) is 0.319. The lowest BCUT2D eigenvalue weighted by atomic mass is 9.75. The second-order valence-electron chi connectivity index (χ2n) is 6.61. The summed E-state index contributed by atoms with van der Waals surface area (Å²) in [5.74, 6) is 0. The molecule has 21 heavy (non-hydrogen) atoms. The van der Waals surface area contributed by atoms with Crippen LogP contribution >= 0.6 is 0 Å². The molecular weight excluding hydrogens is 284 g/mol. The summed E-state index contributed by atoms with van der Waals surface area (Å²) in [6.45, 7) is 6.82. The summed E-state index contributed by atoms with van der Waals surface area (Å²) in [5, 5.41) is 3.51. The Morgan fingerprint density at radius 1 is 1.14 bits per heavy atom. The predicted molar refractivity (Wildman–Crippen MR) is 87.0 cm³/mol. The Kier molecular flexibility index (Phi) is 4.94. The van der Waals surface area contributed by atoms with Crippen molar-refractivity contribution in [2.24, 2.45) is 5.41 Å². The normalized spacial score (nSPS) is 19.4. The van der Waals surface area contributed by atoms with Gasteiger partial charge in [0.05, 0.1) is 4.90 Å². The largest absolute Gasteiger partial charge is 0.382 e. The van der Waals surface area contributed by atoms with Crippen LogP contribution in [0.4, 0.5) is 5.69 Å². The maximum atomic E-state index is 11.9. The highest BCUT2D eigenvalue weighted by molar-refractivity contribution is 7.89. The van der Waals surface area contributed by atoms with Crippen molar-refractivity contribution in [2.45, 2.75) is 57.4 Å². The van der Waals surface area contributed by atoms with E-state index in [9.17, 15) is 8.42 Å². The smallest absolute Gasteiger partial charge is 0.240 e. The van der Waals surface area contributed by atoms with Gasteiger partial charge in [-0.3, -0.25) is 0 Å². The average molecular weight is 310 g/mol. The molecule has 0 saturated heterocycles. The van der Waals surface area contributed by atoms with E-state index in [4.69, 9.17) is 0 Å². The van der Waals surface area contributed by atoms with Gasteiger partial charge in [0, 0.05) is 18.3 Å². The topological polar surface area (TPSA) is 58.2 Å². The van der Waals surface area contributed by atoms with Crippen molar-refractivity contribution >= 4 is 15.7 Å². The van der Waals surface area contributed by atoms with Gasteiger partial charge in [-0.2, -0.15) is 0 Å². The zero-order valence-electron chi connectivity index (χ0n) is 13.1. The van der Waals surface area contributed by atoms with Crippen molar-refractivity contribution in [1.82, 2.24) is 4.72 Å². The van der Waals surface area contributed by atoms with E-state index in [2.05, 4.69) is 23.9 Å². The quantitative estimate of drug-likeness (QED) is 0.876. The van der Waals surface area contributed by atoms with Crippen LogP contribution in [0, 0.1) is 5.41 Å². The van der Waals surface area contributed by atoms with Crippen molar-refractivity contribution in [1.29, 1.82) is 0 Å². The first-order valence-electron chi connectivity index (χ1n) is 7.69. The summed E-state index contributed by atoms with van der Waals surface area (Å²) in [7, 11) is -3.35. The fourth-order valence-electron chi connectivity index (χ4n) is 2.78. The van der Waals surface area contributed by atoms with Crippen molar-refractivity contribution in [2.75, 3.05) is 11.9 Å². The molecule has 0 radical (unpaired) electrons. The van der Waals surface area contributed by atoms with Crippen molar-refractivity contribution in [3.63, 3.8) is 0 Å². The number of sulfonamides is 1. The Balaban J connectivity index is 1.97. The zero-order chi connectivity index (χ0) is 15.5. The van der Waals surface area contributed by atoms with Crippen LogP contribution < -0.4 is 10.0 Å². The standard InChI is InChI=1S/C16H26N2O2S/c1-4-17-21(19,20)15-7-5-13(6-8-15)18-14-9-11-16(2,3)12-10-14/h5-8,14,17-18H,4,9-12H2,1-3H3. The van der Waals surface area contributed by atoms with Crippen LogP contribution in [0.5, 0.6) is 0 Å². The van der Waals surface area contributed by atoms with Crippen LogP contribution in [0.25, 0.3) is 0 Å². The highest BCUT2D eigenvalue weighted by Gasteiger charge is 2.26. The lowest BCUT2D eigenvalue weighted by Gasteiger charge is -2.35. The molecule has 1 aliphatic rings. The molecule has 0 spiro atoms. The van der Waals surface area contributed by atoms with Crippen molar-refractivity contribution in [3.05, 3.63) is 24.3 Å². The van der Waals surface area contributed by atoms with Gasteiger partial charge in [-0.15, -0.1) is 0 Å². The van der Waals surface area contributed by atoms with E-state index in [-0.39, 0.29) is 0 Å². The van der Waals surface area contributed by atoms with Gasteiger partial charge in [-0.05, 0) is 55.4 Å². The minimum Gasteiger partial charge on any atom is -0.382 e. The van der Waals surface area contributed by atoms with Gasteiger partial charge < -0.3 is 5.32 Å². The SMILES string of the molecule is CCNS(=O)(=O)c1ccc(NC2CCC(C)(C)CC2)cc1. The van der Waals surface area contributed by atoms with E-state index in [1.165, 1.54) is 25.7 Å². The first-order chi connectivity index (χ1) is 9.82. The monoisotopic (exact) mass is 310 g/mol. The number of hydrogen-bond acceptors (Lipinski definition) is 3. The zero-order valence-corrected chi connectivity index (χ0v) is 14.0. The number of anilines is 1. The highest BCUT2D eigenvalue weighted by atomic mass is 32.2. The average Bonchev–Trinajstić information content (AvgIpc) is 2.42. The Bertz CT molecular complexity index is 554. The van der Waals surface area contributed by atoms with Crippen LogP contribution in [0.2, 0.25) is 0 Å². The molecule has 5 heteroatoms. The molecule has 1 saturated carbocycles. The molecule has 2 rings (SSSR count). The van der Waals surface area contributed by atoms with Crippen LogP contribution in [-0.2, 0) is 10.0 Å². The second-order valence-corrected chi connectivity index (χ2v) is 8.38. The second kappa shape index (κ2) is 6.36. The Hall–Kier alpha value is -1.07. The highest BCUT2D eigenvalue weighted by Crippen LogP contribution is 2.36. The van der Waals surface area contributed by atoms with Gasteiger partial charge in [0.2, 0.25) is 10.0 Å². The molecule has 4 nitrogen and oxygen atoms in total. The molecule has 1 aliphatic carbocycles. The van der Waals surface area contributed by atoms with Gasteiger partial charge in [0.15, 0.2) is 0 Å². The summed E-state index contributed by atoms with van der Waals surface area (Å²) in [5.41, 5.74) is 1.46.